The lowest BCUT2D eigenvalue weighted by Crippen LogP contribution is -2.31. The van der Waals surface area contributed by atoms with Crippen molar-refractivity contribution in [2.45, 2.75) is 26.8 Å². The number of carbonyl (C=O) groups excluding carboxylic acids is 1. The molecule has 3 aromatic heterocycles. The topological polar surface area (TPSA) is 89.1 Å². The molecule has 0 spiro atoms. The van der Waals surface area contributed by atoms with E-state index in [2.05, 4.69) is 20.6 Å². The van der Waals surface area contributed by atoms with E-state index in [4.69, 9.17) is 4.52 Å². The van der Waals surface area contributed by atoms with Crippen molar-refractivity contribution in [3.05, 3.63) is 41.7 Å². The fraction of sp³-hybridized carbons (Fsp3) is 0.333. The maximum Gasteiger partial charge on any atom is 0.269 e. The van der Waals surface area contributed by atoms with E-state index in [0.29, 0.717) is 34.3 Å². The van der Waals surface area contributed by atoms with Gasteiger partial charge in [0.2, 0.25) is 0 Å². The summed E-state index contributed by atoms with van der Waals surface area (Å²) < 4.78 is 20.0. The maximum absolute atomic E-state index is 13.2. The zero-order valence-corrected chi connectivity index (χ0v) is 15.8. The van der Waals surface area contributed by atoms with Crippen LogP contribution in [-0.2, 0) is 7.05 Å². The van der Waals surface area contributed by atoms with Crippen LogP contribution >= 0.6 is 0 Å². The Labute approximate surface area is 156 Å². The molecule has 3 heterocycles. The molecule has 0 saturated heterocycles. The van der Waals surface area contributed by atoms with E-state index in [1.54, 1.807) is 32.0 Å². The van der Waals surface area contributed by atoms with Gasteiger partial charge in [-0.2, -0.15) is 5.10 Å². The second-order valence-corrected chi connectivity index (χ2v) is 6.50. The number of hydrogen-bond donors (Lipinski definition) is 1. The second kappa shape index (κ2) is 7.18. The third kappa shape index (κ3) is 3.67. The van der Waals surface area contributed by atoms with Gasteiger partial charge in [0.1, 0.15) is 17.2 Å². The van der Waals surface area contributed by atoms with Gasteiger partial charge in [0.25, 0.3) is 5.91 Å². The molecule has 0 bridgehead atoms. The molecule has 1 N–H and O–H groups in total. The number of amides is 1. The van der Waals surface area contributed by atoms with E-state index in [1.165, 1.54) is 16.8 Å². The molecule has 1 amide bonds. The molecule has 142 valence electrons. The lowest BCUT2D eigenvalue weighted by Gasteiger charge is -2.16. The normalized spacial score (nSPS) is 11.1. The van der Waals surface area contributed by atoms with Crippen LogP contribution in [0.5, 0.6) is 0 Å². The van der Waals surface area contributed by atoms with Crippen LogP contribution in [-0.4, -0.2) is 38.9 Å². The van der Waals surface area contributed by atoms with Gasteiger partial charge < -0.3 is 14.7 Å². The highest BCUT2D eigenvalue weighted by atomic mass is 19.1. The number of halogens is 1. The molecule has 8 nitrogen and oxygen atoms in total. The molecular formula is C18H21FN6O2. The lowest BCUT2D eigenvalue weighted by atomic mass is 10.2. The van der Waals surface area contributed by atoms with Crippen molar-refractivity contribution in [3.8, 4) is 11.4 Å². The summed E-state index contributed by atoms with van der Waals surface area (Å²) in [6.07, 6.45) is 1.12. The number of pyridine rings is 1. The largest absolute Gasteiger partial charge is 0.359 e. The Morgan fingerprint density at radius 3 is 2.74 bits per heavy atom. The molecule has 0 aliphatic heterocycles. The third-order valence-corrected chi connectivity index (χ3v) is 4.00. The van der Waals surface area contributed by atoms with Crippen molar-refractivity contribution >= 4 is 17.4 Å². The van der Waals surface area contributed by atoms with Crippen LogP contribution in [0.25, 0.3) is 11.4 Å². The number of hydrogen-bond acceptors (Lipinski definition) is 6. The van der Waals surface area contributed by atoms with Crippen LogP contribution in [0.3, 0.4) is 0 Å². The number of aryl methyl sites for hydroxylation is 2. The van der Waals surface area contributed by atoms with Gasteiger partial charge in [0.05, 0.1) is 11.9 Å². The summed E-state index contributed by atoms with van der Waals surface area (Å²) in [4.78, 5) is 18.1. The molecule has 27 heavy (non-hydrogen) atoms. The van der Waals surface area contributed by atoms with Crippen LogP contribution in [0.15, 0.2) is 28.9 Å². The first-order chi connectivity index (χ1) is 12.8. The van der Waals surface area contributed by atoms with Crippen molar-refractivity contribution < 1.29 is 13.7 Å². The Kier molecular flexibility index (Phi) is 4.93. The number of nitrogens with one attached hydrogen (secondary N) is 1. The summed E-state index contributed by atoms with van der Waals surface area (Å²) in [5, 5.41) is 11.3. The predicted octanol–water partition coefficient (Wildman–Crippen LogP) is 2.82. The molecule has 0 aliphatic rings. The number of nitrogens with zero attached hydrogens (tertiary/aromatic N) is 5. The smallest absolute Gasteiger partial charge is 0.269 e. The zero-order chi connectivity index (χ0) is 19.7. The van der Waals surface area contributed by atoms with Crippen molar-refractivity contribution in [1.82, 2.24) is 25.2 Å². The van der Waals surface area contributed by atoms with Gasteiger partial charge >= 0.3 is 0 Å². The van der Waals surface area contributed by atoms with Gasteiger partial charge in [-0.1, -0.05) is 5.16 Å². The quantitative estimate of drug-likeness (QED) is 0.741. The summed E-state index contributed by atoms with van der Waals surface area (Å²) in [6, 6.07) is 4.55. The summed E-state index contributed by atoms with van der Waals surface area (Å²) in [6.45, 7) is 5.55. The lowest BCUT2D eigenvalue weighted by molar-refractivity contribution is 0.0933. The Bertz CT molecular complexity index is 961. The molecule has 0 atom stereocenters. The van der Waals surface area contributed by atoms with E-state index >= 15 is 0 Å². The molecule has 0 saturated carbocycles. The molecule has 9 heteroatoms. The maximum atomic E-state index is 13.2. The molecule has 0 aliphatic carbocycles. The molecule has 0 fully saturated rings. The van der Waals surface area contributed by atoms with Crippen molar-refractivity contribution in [2.75, 3.05) is 11.9 Å². The van der Waals surface area contributed by atoms with Gasteiger partial charge in [0.15, 0.2) is 17.3 Å². The van der Waals surface area contributed by atoms with E-state index < -0.39 is 5.82 Å². The van der Waals surface area contributed by atoms with Crippen molar-refractivity contribution in [3.63, 3.8) is 0 Å². The van der Waals surface area contributed by atoms with Crippen LogP contribution < -0.4 is 10.2 Å². The van der Waals surface area contributed by atoms with E-state index in [1.807, 2.05) is 13.8 Å². The minimum Gasteiger partial charge on any atom is -0.359 e. The Morgan fingerprint density at radius 2 is 2.11 bits per heavy atom. The molecule has 3 aromatic rings. The first kappa shape index (κ1) is 18.6. The van der Waals surface area contributed by atoms with Crippen LogP contribution in [0.2, 0.25) is 0 Å². The second-order valence-electron chi connectivity index (χ2n) is 6.50. The van der Waals surface area contributed by atoms with Gasteiger partial charge in [-0.25, -0.2) is 4.39 Å². The monoisotopic (exact) mass is 372 g/mol. The minimum atomic E-state index is -0.431. The molecular weight excluding hydrogens is 351 g/mol. The fourth-order valence-electron chi connectivity index (χ4n) is 2.73. The van der Waals surface area contributed by atoms with Gasteiger partial charge in [0, 0.05) is 26.2 Å². The SMILES string of the molecule is Cc1onc(-c2ccc(F)cn2)c1N(C)c1cc(C(=O)NC(C)C)n(C)n1. The first-order valence-corrected chi connectivity index (χ1v) is 8.44. The number of carbonyl (C=O) groups is 1. The van der Waals surface area contributed by atoms with Gasteiger partial charge in [-0.05, 0) is 32.9 Å². The minimum absolute atomic E-state index is 0.0186. The standard InChI is InChI=1S/C18H21FN6O2/c1-10(2)21-18(26)14-8-15(22-25(14)5)24(4)17-11(3)27-23-16(17)13-7-6-12(19)9-20-13/h6-10H,1-5H3,(H,21,26). The Morgan fingerprint density at radius 1 is 1.37 bits per heavy atom. The Hall–Kier alpha value is -3.23. The van der Waals surface area contributed by atoms with E-state index in [9.17, 15) is 9.18 Å². The highest BCUT2D eigenvalue weighted by Gasteiger charge is 2.24. The molecule has 3 rings (SSSR count). The van der Waals surface area contributed by atoms with Crippen molar-refractivity contribution in [1.29, 1.82) is 0 Å². The molecule has 0 radical (unpaired) electrons. The van der Waals surface area contributed by atoms with Crippen LogP contribution in [0, 0.1) is 12.7 Å². The fourth-order valence-corrected chi connectivity index (χ4v) is 2.73. The van der Waals surface area contributed by atoms with E-state index in [0.717, 1.165) is 6.20 Å². The van der Waals surface area contributed by atoms with E-state index in [-0.39, 0.29) is 11.9 Å². The summed E-state index contributed by atoms with van der Waals surface area (Å²) >= 11 is 0. The number of aromatic nitrogens is 4. The zero-order valence-electron chi connectivity index (χ0n) is 15.8. The van der Waals surface area contributed by atoms with Gasteiger partial charge in [-0.3, -0.25) is 14.5 Å². The number of rotatable bonds is 5. The average Bonchev–Trinajstić information content (AvgIpc) is 3.17. The third-order valence-electron chi connectivity index (χ3n) is 4.00. The highest BCUT2D eigenvalue weighted by Crippen LogP contribution is 2.35. The van der Waals surface area contributed by atoms with Crippen molar-refractivity contribution in [2.24, 2.45) is 7.05 Å². The summed E-state index contributed by atoms with van der Waals surface area (Å²) in [5.74, 6) is 0.458. The summed E-state index contributed by atoms with van der Waals surface area (Å²) in [5.41, 5.74) is 2.02. The van der Waals surface area contributed by atoms with Gasteiger partial charge in [-0.15, -0.1) is 0 Å². The average molecular weight is 372 g/mol. The first-order valence-electron chi connectivity index (χ1n) is 8.44. The summed E-state index contributed by atoms with van der Waals surface area (Å²) in [7, 11) is 3.49. The Balaban J connectivity index is 1.98. The van der Waals surface area contributed by atoms with Crippen LogP contribution in [0.4, 0.5) is 15.9 Å². The number of anilines is 2. The predicted molar refractivity (Wildman–Crippen MR) is 98.3 cm³/mol. The van der Waals surface area contributed by atoms with Crippen LogP contribution in [0.1, 0.15) is 30.1 Å². The highest BCUT2D eigenvalue weighted by molar-refractivity contribution is 5.94. The molecule has 0 aromatic carbocycles. The molecule has 0 unspecified atom stereocenters.